The van der Waals surface area contributed by atoms with Crippen LogP contribution in [0.2, 0.25) is 0 Å². The Morgan fingerprint density at radius 1 is 1.26 bits per heavy atom. The summed E-state index contributed by atoms with van der Waals surface area (Å²) in [6, 6.07) is 2.29. The summed E-state index contributed by atoms with van der Waals surface area (Å²) in [5.74, 6) is 0. The van der Waals surface area contributed by atoms with Crippen molar-refractivity contribution in [3.8, 4) is 0 Å². The molecule has 1 aromatic heterocycles. The topological polar surface area (TPSA) is 179 Å². The number of H-pyrrole nitrogens is 2. The van der Waals surface area contributed by atoms with Gasteiger partial charge in [0, 0.05) is 24.2 Å². The van der Waals surface area contributed by atoms with Gasteiger partial charge in [-0.2, -0.15) is 5.48 Å². The van der Waals surface area contributed by atoms with Gasteiger partial charge in [-0.25, -0.2) is 4.62 Å². The number of aromatic nitrogens is 2. The number of hydroxylamine groups is 1. The van der Waals surface area contributed by atoms with E-state index in [2.05, 4.69) is 20.8 Å². The minimum Gasteiger partial charge on any atom is -0.323 e. The van der Waals surface area contributed by atoms with Crippen LogP contribution in [0.3, 0.4) is 0 Å². The minimum atomic E-state index is -3.93. The maximum Gasteiger partial charge on any atom is 0.347 e. The number of non-ortho nitro benzene ring substituents is 1. The SMILES string of the molecule is O=c1[nH]c2cc([N+](=O)[O-])cc(CNOP(=O)(O)C3CCNCC3)c2[nH]c1=O. The van der Waals surface area contributed by atoms with Crippen LogP contribution in [-0.2, 0) is 15.7 Å². The third-order valence-corrected chi connectivity index (χ3v) is 6.17. The van der Waals surface area contributed by atoms with E-state index in [4.69, 9.17) is 4.62 Å². The standard InChI is InChI=1S/C14H18N5O7P/c20-13-14(21)18-12-8(5-9(19(22)23)6-11(12)17-13)7-16-26-27(24,25)10-1-3-15-4-2-10/h5-6,10,15-16H,1-4,7H2,(H,17,20)(H,18,21)(H,24,25). The van der Waals surface area contributed by atoms with Crippen LogP contribution < -0.4 is 21.9 Å². The molecule has 0 saturated carbocycles. The number of nitrogens with one attached hydrogen (secondary N) is 4. The summed E-state index contributed by atoms with van der Waals surface area (Å²) >= 11 is 0. The predicted octanol–water partition coefficient (Wildman–Crippen LogP) is 0.0832. The van der Waals surface area contributed by atoms with Crippen molar-refractivity contribution < 1.29 is 19.0 Å². The highest BCUT2D eigenvalue weighted by atomic mass is 31.2. The quantitative estimate of drug-likeness (QED) is 0.195. The van der Waals surface area contributed by atoms with E-state index in [0.717, 1.165) is 6.07 Å². The van der Waals surface area contributed by atoms with Gasteiger partial charge >= 0.3 is 18.7 Å². The average molecular weight is 399 g/mol. The average Bonchev–Trinajstić information content (AvgIpc) is 2.63. The van der Waals surface area contributed by atoms with E-state index in [1.165, 1.54) is 6.07 Å². The van der Waals surface area contributed by atoms with Crippen LogP contribution in [0.4, 0.5) is 5.69 Å². The molecule has 1 atom stereocenters. The van der Waals surface area contributed by atoms with Gasteiger partial charge in [0.1, 0.15) is 0 Å². The molecule has 2 aromatic rings. The first-order valence-electron chi connectivity index (χ1n) is 8.16. The second-order valence-corrected chi connectivity index (χ2v) is 8.19. The van der Waals surface area contributed by atoms with Gasteiger partial charge in [0.2, 0.25) is 0 Å². The zero-order valence-electron chi connectivity index (χ0n) is 14.1. The summed E-state index contributed by atoms with van der Waals surface area (Å²) in [4.78, 5) is 48.2. The van der Waals surface area contributed by atoms with Crippen LogP contribution in [0.1, 0.15) is 18.4 Å². The van der Waals surface area contributed by atoms with Crippen molar-refractivity contribution in [3.05, 3.63) is 48.5 Å². The molecule has 27 heavy (non-hydrogen) atoms. The van der Waals surface area contributed by atoms with Crippen molar-refractivity contribution in [1.82, 2.24) is 20.8 Å². The number of nitrogens with zero attached hydrogens (tertiary/aromatic N) is 1. The third-order valence-electron chi connectivity index (χ3n) is 4.34. The van der Waals surface area contributed by atoms with Crippen LogP contribution in [0.5, 0.6) is 0 Å². The van der Waals surface area contributed by atoms with E-state index in [1.807, 2.05) is 0 Å². The highest BCUT2D eigenvalue weighted by Gasteiger charge is 2.33. The molecule has 5 N–H and O–H groups in total. The highest BCUT2D eigenvalue weighted by Crippen LogP contribution is 2.49. The lowest BCUT2D eigenvalue weighted by molar-refractivity contribution is -0.384. The molecular formula is C14H18N5O7P. The highest BCUT2D eigenvalue weighted by molar-refractivity contribution is 7.53. The van der Waals surface area contributed by atoms with Gasteiger partial charge < -0.3 is 20.2 Å². The number of hydrogen-bond donors (Lipinski definition) is 5. The molecule has 1 aromatic carbocycles. The molecule has 0 aliphatic carbocycles. The Morgan fingerprint density at radius 3 is 2.59 bits per heavy atom. The molecule has 1 fully saturated rings. The van der Waals surface area contributed by atoms with E-state index in [-0.39, 0.29) is 28.8 Å². The second kappa shape index (κ2) is 7.71. The summed E-state index contributed by atoms with van der Waals surface area (Å²) in [5.41, 5.74) is 0.132. The lowest BCUT2D eigenvalue weighted by Crippen LogP contribution is -2.32. The van der Waals surface area contributed by atoms with Crippen molar-refractivity contribution in [2.45, 2.75) is 25.0 Å². The number of fused-ring (bicyclic) bond motifs is 1. The maximum absolute atomic E-state index is 12.3. The van der Waals surface area contributed by atoms with Crippen molar-refractivity contribution in [1.29, 1.82) is 0 Å². The zero-order chi connectivity index (χ0) is 19.6. The van der Waals surface area contributed by atoms with Crippen LogP contribution in [0.15, 0.2) is 21.7 Å². The monoisotopic (exact) mass is 399 g/mol. The molecule has 3 rings (SSSR count). The van der Waals surface area contributed by atoms with Gasteiger partial charge in [0.25, 0.3) is 5.69 Å². The molecule has 1 aliphatic rings. The van der Waals surface area contributed by atoms with Crippen LogP contribution in [0.25, 0.3) is 11.0 Å². The normalized spacial score (nSPS) is 17.7. The number of aromatic amines is 2. The lowest BCUT2D eigenvalue weighted by Gasteiger charge is -2.26. The van der Waals surface area contributed by atoms with Crippen LogP contribution in [0, 0.1) is 10.1 Å². The molecule has 12 nitrogen and oxygen atoms in total. The van der Waals surface area contributed by atoms with E-state index in [1.54, 1.807) is 0 Å². The molecule has 0 amide bonds. The molecule has 1 saturated heterocycles. The maximum atomic E-state index is 12.3. The largest absolute Gasteiger partial charge is 0.347 e. The molecule has 2 heterocycles. The van der Waals surface area contributed by atoms with Crippen LogP contribution >= 0.6 is 7.60 Å². The third kappa shape index (κ3) is 4.31. The summed E-state index contributed by atoms with van der Waals surface area (Å²) in [5, 5.41) is 14.2. The molecule has 0 radical (unpaired) electrons. The van der Waals surface area contributed by atoms with Crippen molar-refractivity contribution in [2.24, 2.45) is 0 Å². The number of rotatable bonds is 6. The van der Waals surface area contributed by atoms with E-state index >= 15 is 0 Å². The first kappa shape index (κ1) is 19.4. The smallest absolute Gasteiger partial charge is 0.323 e. The summed E-state index contributed by atoms with van der Waals surface area (Å²) < 4.78 is 17.3. The molecule has 1 unspecified atom stereocenters. The summed E-state index contributed by atoms with van der Waals surface area (Å²) in [6.07, 6.45) is 0.980. The van der Waals surface area contributed by atoms with Crippen molar-refractivity contribution >= 4 is 24.3 Å². The summed E-state index contributed by atoms with van der Waals surface area (Å²) in [7, 11) is -3.93. The first-order valence-corrected chi connectivity index (χ1v) is 9.81. The molecule has 0 bridgehead atoms. The van der Waals surface area contributed by atoms with E-state index < -0.39 is 29.3 Å². The first-order chi connectivity index (χ1) is 12.8. The fraction of sp³-hybridized carbons (Fsp3) is 0.429. The Labute approximate surface area is 151 Å². The van der Waals surface area contributed by atoms with Gasteiger partial charge in [-0.3, -0.25) is 24.3 Å². The number of benzene rings is 1. The number of nitro benzene ring substituents is 1. The van der Waals surface area contributed by atoms with Gasteiger partial charge in [-0.05, 0) is 25.9 Å². The Balaban J connectivity index is 1.84. The van der Waals surface area contributed by atoms with Gasteiger partial charge in [0.15, 0.2) is 0 Å². The molecule has 146 valence electrons. The lowest BCUT2D eigenvalue weighted by atomic mass is 10.1. The summed E-state index contributed by atoms with van der Waals surface area (Å²) in [6.45, 7) is 1.03. The fourth-order valence-electron chi connectivity index (χ4n) is 2.94. The Kier molecular flexibility index (Phi) is 5.53. The van der Waals surface area contributed by atoms with E-state index in [0.29, 0.717) is 25.9 Å². The fourth-order valence-corrected chi connectivity index (χ4v) is 4.25. The number of piperidine rings is 1. The number of nitro groups is 1. The Hall–Kier alpha value is -2.37. The molecule has 0 spiro atoms. The Bertz CT molecular complexity index is 1030. The van der Waals surface area contributed by atoms with Crippen molar-refractivity contribution in [3.63, 3.8) is 0 Å². The minimum absolute atomic E-state index is 0.0659. The van der Waals surface area contributed by atoms with Crippen LogP contribution in [-0.4, -0.2) is 38.5 Å². The van der Waals surface area contributed by atoms with E-state index in [9.17, 15) is 29.2 Å². The predicted molar refractivity (Wildman–Crippen MR) is 95.5 cm³/mol. The van der Waals surface area contributed by atoms with Gasteiger partial charge in [0.05, 0.1) is 21.6 Å². The van der Waals surface area contributed by atoms with Gasteiger partial charge in [-0.15, -0.1) is 0 Å². The Morgan fingerprint density at radius 2 is 1.93 bits per heavy atom. The van der Waals surface area contributed by atoms with Gasteiger partial charge in [-0.1, -0.05) is 0 Å². The van der Waals surface area contributed by atoms with Crippen molar-refractivity contribution in [2.75, 3.05) is 13.1 Å². The molecule has 13 heteroatoms. The second-order valence-electron chi connectivity index (χ2n) is 6.15. The molecule has 1 aliphatic heterocycles. The zero-order valence-corrected chi connectivity index (χ0v) is 15.0. The number of hydrogen-bond acceptors (Lipinski definition) is 8. The molecular weight excluding hydrogens is 381 g/mol.